The Labute approximate surface area is 133 Å². The molecule has 0 aliphatic heterocycles. The summed E-state index contributed by atoms with van der Waals surface area (Å²) in [4.78, 5) is 18.6. The first kappa shape index (κ1) is 15.9. The van der Waals surface area contributed by atoms with Gasteiger partial charge in [0.1, 0.15) is 0 Å². The van der Waals surface area contributed by atoms with Gasteiger partial charge in [0.25, 0.3) is 5.69 Å². The molecule has 0 spiro atoms. The normalized spacial score (nSPS) is 11.7. The molecule has 3 aromatic rings. The molecule has 0 unspecified atom stereocenters. The average Bonchev–Trinajstić information content (AvgIpc) is 2.52. The van der Waals surface area contributed by atoms with Crippen LogP contribution in [-0.2, 0) is 6.18 Å². The molecule has 0 atom stereocenters. The molecule has 0 fully saturated rings. The molecular weight excluding hydrogens is 323 g/mol. The topological polar surface area (TPSA) is 68.9 Å². The fraction of sp³-hybridized carbons (Fsp3) is 0.125. The highest BCUT2D eigenvalue weighted by Gasteiger charge is 2.34. The lowest BCUT2D eigenvalue weighted by Crippen LogP contribution is -2.07. The minimum atomic E-state index is -4.70. The first-order valence-electron chi connectivity index (χ1n) is 6.87. The second kappa shape index (κ2) is 5.55. The van der Waals surface area contributed by atoms with Gasteiger partial charge in [0.15, 0.2) is 5.52 Å². The first-order valence-corrected chi connectivity index (χ1v) is 6.87. The Bertz CT molecular complexity index is 941. The Morgan fingerprint density at radius 2 is 1.75 bits per heavy atom. The predicted molar refractivity (Wildman–Crippen MR) is 81.4 cm³/mol. The van der Waals surface area contributed by atoms with Gasteiger partial charge in [-0.15, -0.1) is 0 Å². The summed E-state index contributed by atoms with van der Waals surface area (Å²) in [5.74, 6) is 0. The second-order valence-corrected chi connectivity index (χ2v) is 5.14. The average molecular weight is 333 g/mol. The fourth-order valence-corrected chi connectivity index (χ4v) is 2.40. The molecule has 1 heterocycles. The molecule has 3 rings (SSSR count). The Morgan fingerprint density at radius 3 is 2.33 bits per heavy atom. The Morgan fingerprint density at radius 1 is 1.08 bits per heavy atom. The molecule has 24 heavy (non-hydrogen) atoms. The highest BCUT2D eigenvalue weighted by molar-refractivity contribution is 5.87. The van der Waals surface area contributed by atoms with Crippen LogP contribution in [0.4, 0.5) is 18.9 Å². The van der Waals surface area contributed by atoms with Crippen LogP contribution in [0.3, 0.4) is 0 Å². The molecule has 0 saturated heterocycles. The van der Waals surface area contributed by atoms with Crippen LogP contribution in [0, 0.1) is 17.0 Å². The molecule has 0 aliphatic rings. The molecule has 122 valence electrons. The number of benzene rings is 2. The zero-order valence-corrected chi connectivity index (χ0v) is 12.3. The number of halogens is 3. The standard InChI is InChI=1S/C16H10F3N3O2/c1-9-14(10-5-3-2-4-6-10)21-15-12(20-9)7-11(16(17,18)19)8-13(15)22(23)24/h2-8H,1H3. The van der Waals surface area contributed by atoms with Crippen molar-refractivity contribution >= 4 is 16.7 Å². The highest BCUT2D eigenvalue weighted by Crippen LogP contribution is 2.36. The third-order valence-electron chi connectivity index (χ3n) is 3.50. The molecule has 8 heteroatoms. The van der Waals surface area contributed by atoms with E-state index in [4.69, 9.17) is 0 Å². The van der Waals surface area contributed by atoms with E-state index in [1.54, 1.807) is 37.3 Å². The van der Waals surface area contributed by atoms with Crippen LogP contribution >= 0.6 is 0 Å². The third kappa shape index (κ3) is 2.78. The van der Waals surface area contributed by atoms with Gasteiger partial charge in [-0.2, -0.15) is 13.2 Å². The van der Waals surface area contributed by atoms with Gasteiger partial charge in [-0.05, 0) is 13.0 Å². The van der Waals surface area contributed by atoms with Crippen molar-refractivity contribution in [2.75, 3.05) is 0 Å². The maximum atomic E-state index is 12.9. The van der Waals surface area contributed by atoms with Gasteiger partial charge >= 0.3 is 6.18 Å². The quantitative estimate of drug-likeness (QED) is 0.510. The molecule has 0 N–H and O–H groups in total. The summed E-state index contributed by atoms with van der Waals surface area (Å²) in [7, 11) is 0. The van der Waals surface area contributed by atoms with Crippen molar-refractivity contribution < 1.29 is 18.1 Å². The van der Waals surface area contributed by atoms with Gasteiger partial charge < -0.3 is 0 Å². The van der Waals surface area contributed by atoms with E-state index in [0.717, 1.165) is 6.07 Å². The number of hydrogen-bond acceptors (Lipinski definition) is 4. The Balaban J connectivity index is 2.34. The van der Waals surface area contributed by atoms with Crippen molar-refractivity contribution in [3.8, 4) is 11.3 Å². The van der Waals surface area contributed by atoms with Crippen LogP contribution in [0.15, 0.2) is 42.5 Å². The van der Waals surface area contributed by atoms with Crippen LogP contribution in [0.2, 0.25) is 0 Å². The molecule has 5 nitrogen and oxygen atoms in total. The van der Waals surface area contributed by atoms with Crippen molar-refractivity contribution in [1.82, 2.24) is 9.97 Å². The minimum absolute atomic E-state index is 0.159. The SMILES string of the molecule is Cc1nc2cc(C(F)(F)F)cc([N+](=O)[O-])c2nc1-c1ccccc1. The number of nitro benzene ring substituents is 1. The van der Waals surface area contributed by atoms with E-state index in [1.807, 2.05) is 0 Å². The van der Waals surface area contributed by atoms with Gasteiger partial charge in [0.05, 0.1) is 27.4 Å². The number of rotatable bonds is 2. The van der Waals surface area contributed by atoms with Crippen LogP contribution in [-0.4, -0.2) is 14.9 Å². The van der Waals surface area contributed by atoms with E-state index in [-0.39, 0.29) is 11.0 Å². The van der Waals surface area contributed by atoms with E-state index in [1.165, 1.54) is 0 Å². The minimum Gasteiger partial charge on any atom is -0.258 e. The van der Waals surface area contributed by atoms with Crippen molar-refractivity contribution in [3.63, 3.8) is 0 Å². The lowest BCUT2D eigenvalue weighted by Gasteiger charge is -2.10. The summed E-state index contributed by atoms with van der Waals surface area (Å²) < 4.78 is 38.8. The lowest BCUT2D eigenvalue weighted by molar-refractivity contribution is -0.383. The van der Waals surface area contributed by atoms with Gasteiger partial charge in [0.2, 0.25) is 0 Å². The number of nitro groups is 1. The summed E-state index contributed by atoms with van der Waals surface area (Å²) >= 11 is 0. The van der Waals surface area contributed by atoms with Gasteiger partial charge in [-0.3, -0.25) is 10.1 Å². The van der Waals surface area contributed by atoms with Crippen molar-refractivity contribution in [2.24, 2.45) is 0 Å². The zero-order chi connectivity index (χ0) is 17.5. The van der Waals surface area contributed by atoms with Crippen molar-refractivity contribution in [2.45, 2.75) is 13.1 Å². The smallest absolute Gasteiger partial charge is 0.258 e. The van der Waals surface area contributed by atoms with E-state index < -0.39 is 22.4 Å². The predicted octanol–water partition coefficient (Wildman–Crippen LogP) is 4.53. The summed E-state index contributed by atoms with van der Waals surface area (Å²) in [5, 5.41) is 11.2. The fourth-order valence-electron chi connectivity index (χ4n) is 2.40. The second-order valence-electron chi connectivity index (χ2n) is 5.14. The van der Waals surface area contributed by atoms with E-state index in [0.29, 0.717) is 23.0 Å². The molecule has 1 aromatic heterocycles. The Hall–Kier alpha value is -3.03. The highest BCUT2D eigenvalue weighted by atomic mass is 19.4. The van der Waals surface area contributed by atoms with Gasteiger partial charge in [-0.25, -0.2) is 9.97 Å². The van der Waals surface area contributed by atoms with Crippen LogP contribution in [0.5, 0.6) is 0 Å². The maximum absolute atomic E-state index is 12.9. The van der Waals surface area contributed by atoms with Crippen LogP contribution in [0.25, 0.3) is 22.3 Å². The number of alkyl halides is 3. The monoisotopic (exact) mass is 333 g/mol. The van der Waals surface area contributed by atoms with Gasteiger partial charge in [0, 0.05) is 11.6 Å². The summed E-state index contributed by atoms with van der Waals surface area (Å²) in [6.07, 6.45) is -4.70. The largest absolute Gasteiger partial charge is 0.416 e. The molecule has 0 bridgehead atoms. The molecular formula is C16H10F3N3O2. The number of aromatic nitrogens is 2. The zero-order valence-electron chi connectivity index (χ0n) is 12.3. The molecule has 0 amide bonds. The van der Waals surface area contributed by atoms with Crippen molar-refractivity contribution in [1.29, 1.82) is 0 Å². The van der Waals surface area contributed by atoms with Crippen LogP contribution in [0.1, 0.15) is 11.3 Å². The third-order valence-corrected chi connectivity index (χ3v) is 3.50. The molecule has 0 aliphatic carbocycles. The summed E-state index contributed by atoms with van der Waals surface area (Å²) in [6, 6.07) is 10.1. The van der Waals surface area contributed by atoms with Crippen molar-refractivity contribution in [3.05, 3.63) is 63.8 Å². The first-order chi connectivity index (χ1) is 11.3. The number of nitrogens with zero attached hydrogens (tertiary/aromatic N) is 3. The molecule has 2 aromatic carbocycles. The van der Waals surface area contributed by atoms with Gasteiger partial charge in [-0.1, -0.05) is 30.3 Å². The van der Waals surface area contributed by atoms with E-state index >= 15 is 0 Å². The molecule has 0 radical (unpaired) electrons. The number of aryl methyl sites for hydroxylation is 1. The summed E-state index contributed by atoms with van der Waals surface area (Å²) in [6.45, 7) is 1.60. The number of fused-ring (bicyclic) bond motifs is 1. The lowest BCUT2D eigenvalue weighted by atomic mass is 10.1. The van der Waals surface area contributed by atoms with Crippen LogP contribution < -0.4 is 0 Å². The van der Waals surface area contributed by atoms with E-state index in [9.17, 15) is 23.3 Å². The maximum Gasteiger partial charge on any atom is 0.416 e. The van der Waals surface area contributed by atoms with E-state index in [2.05, 4.69) is 9.97 Å². The number of non-ortho nitro benzene ring substituents is 1. The Kier molecular flexibility index (Phi) is 3.67. The molecule has 0 saturated carbocycles. The number of hydrogen-bond donors (Lipinski definition) is 0. The summed E-state index contributed by atoms with van der Waals surface area (Å²) in [5.41, 5.74) is -0.703.